The van der Waals surface area contributed by atoms with Gasteiger partial charge in [-0.1, -0.05) is 17.7 Å². The van der Waals surface area contributed by atoms with Crippen molar-refractivity contribution in [3.63, 3.8) is 0 Å². The number of aryl methyl sites for hydroxylation is 1. The number of nitrogens with zero attached hydrogens (tertiary/aromatic N) is 1. The zero-order valence-corrected chi connectivity index (χ0v) is 9.52. The lowest BCUT2D eigenvalue weighted by molar-refractivity contribution is -0.135. The topological polar surface area (TPSA) is 66.6 Å². The molecule has 0 radical (unpaired) electrons. The third kappa shape index (κ3) is 3.90. The number of rotatable bonds is 6. The SMILES string of the molecule is Cc1ccc(N(CCCN)CC(=O)O)cc1. The lowest BCUT2D eigenvalue weighted by atomic mass is 10.2. The van der Waals surface area contributed by atoms with Crippen molar-refractivity contribution in [2.75, 3.05) is 24.5 Å². The van der Waals surface area contributed by atoms with Gasteiger partial charge in [0.25, 0.3) is 0 Å². The summed E-state index contributed by atoms with van der Waals surface area (Å²) >= 11 is 0. The fourth-order valence-corrected chi connectivity index (χ4v) is 1.50. The van der Waals surface area contributed by atoms with Crippen molar-refractivity contribution in [1.82, 2.24) is 0 Å². The van der Waals surface area contributed by atoms with Crippen molar-refractivity contribution in [2.24, 2.45) is 5.73 Å². The van der Waals surface area contributed by atoms with E-state index in [1.807, 2.05) is 36.1 Å². The molecular formula is C12H18N2O2. The Morgan fingerprint density at radius 2 is 2.00 bits per heavy atom. The van der Waals surface area contributed by atoms with Crippen LogP contribution in [-0.4, -0.2) is 30.7 Å². The van der Waals surface area contributed by atoms with Gasteiger partial charge in [0.15, 0.2) is 0 Å². The van der Waals surface area contributed by atoms with Gasteiger partial charge in [-0.05, 0) is 32.0 Å². The molecule has 1 aromatic carbocycles. The average Bonchev–Trinajstić information content (AvgIpc) is 2.25. The van der Waals surface area contributed by atoms with Gasteiger partial charge >= 0.3 is 5.97 Å². The Hall–Kier alpha value is -1.55. The molecule has 0 aliphatic heterocycles. The quantitative estimate of drug-likeness (QED) is 0.760. The number of carboxylic acids is 1. The minimum atomic E-state index is -0.822. The van der Waals surface area contributed by atoms with E-state index in [9.17, 15) is 4.79 Å². The van der Waals surface area contributed by atoms with E-state index >= 15 is 0 Å². The monoisotopic (exact) mass is 222 g/mol. The number of hydrogen-bond acceptors (Lipinski definition) is 3. The first-order chi connectivity index (χ1) is 7.63. The van der Waals surface area contributed by atoms with Crippen LogP contribution in [-0.2, 0) is 4.79 Å². The van der Waals surface area contributed by atoms with Crippen LogP contribution in [0.5, 0.6) is 0 Å². The van der Waals surface area contributed by atoms with Crippen LogP contribution in [0.4, 0.5) is 5.69 Å². The highest BCUT2D eigenvalue weighted by molar-refractivity contribution is 5.73. The second-order valence-corrected chi connectivity index (χ2v) is 3.79. The normalized spacial score (nSPS) is 10.1. The average molecular weight is 222 g/mol. The summed E-state index contributed by atoms with van der Waals surface area (Å²) in [7, 11) is 0. The van der Waals surface area contributed by atoms with Crippen LogP contribution in [0, 0.1) is 6.92 Å². The van der Waals surface area contributed by atoms with Gasteiger partial charge in [-0.15, -0.1) is 0 Å². The van der Waals surface area contributed by atoms with Gasteiger partial charge in [0.2, 0.25) is 0 Å². The summed E-state index contributed by atoms with van der Waals surface area (Å²) in [6.45, 7) is 3.27. The van der Waals surface area contributed by atoms with E-state index in [0.717, 1.165) is 17.7 Å². The number of anilines is 1. The molecule has 1 rings (SSSR count). The summed E-state index contributed by atoms with van der Waals surface area (Å²) in [6.07, 6.45) is 0.793. The Morgan fingerprint density at radius 1 is 1.38 bits per heavy atom. The highest BCUT2D eigenvalue weighted by Gasteiger charge is 2.09. The molecule has 3 N–H and O–H groups in total. The van der Waals surface area contributed by atoms with Crippen molar-refractivity contribution in [3.05, 3.63) is 29.8 Å². The molecule has 0 saturated carbocycles. The molecule has 4 heteroatoms. The van der Waals surface area contributed by atoms with Crippen LogP contribution in [0.1, 0.15) is 12.0 Å². The van der Waals surface area contributed by atoms with Crippen molar-refractivity contribution in [3.8, 4) is 0 Å². The molecular weight excluding hydrogens is 204 g/mol. The summed E-state index contributed by atoms with van der Waals surface area (Å²) in [6, 6.07) is 7.84. The number of hydrogen-bond donors (Lipinski definition) is 2. The van der Waals surface area contributed by atoms with Crippen LogP contribution in [0.25, 0.3) is 0 Å². The molecule has 0 heterocycles. The molecule has 4 nitrogen and oxygen atoms in total. The van der Waals surface area contributed by atoms with Gasteiger partial charge in [0.1, 0.15) is 6.54 Å². The van der Waals surface area contributed by atoms with Crippen molar-refractivity contribution in [1.29, 1.82) is 0 Å². The lowest BCUT2D eigenvalue weighted by Crippen LogP contribution is -2.31. The van der Waals surface area contributed by atoms with Crippen LogP contribution in [0.3, 0.4) is 0 Å². The van der Waals surface area contributed by atoms with E-state index < -0.39 is 5.97 Å². The van der Waals surface area contributed by atoms with Gasteiger partial charge in [0.05, 0.1) is 0 Å². The highest BCUT2D eigenvalue weighted by atomic mass is 16.4. The summed E-state index contributed by atoms with van der Waals surface area (Å²) in [5.74, 6) is -0.822. The lowest BCUT2D eigenvalue weighted by Gasteiger charge is -2.22. The molecule has 0 aliphatic rings. The first-order valence-electron chi connectivity index (χ1n) is 5.37. The summed E-state index contributed by atoms with van der Waals surface area (Å²) in [4.78, 5) is 12.6. The van der Waals surface area contributed by atoms with Crippen LogP contribution >= 0.6 is 0 Å². The van der Waals surface area contributed by atoms with E-state index in [1.54, 1.807) is 0 Å². The first kappa shape index (κ1) is 12.5. The molecule has 0 bridgehead atoms. The first-order valence-corrected chi connectivity index (χ1v) is 5.37. The fraction of sp³-hybridized carbons (Fsp3) is 0.417. The second kappa shape index (κ2) is 6.12. The zero-order valence-electron chi connectivity index (χ0n) is 9.52. The zero-order chi connectivity index (χ0) is 12.0. The maximum atomic E-state index is 10.7. The largest absolute Gasteiger partial charge is 0.480 e. The molecule has 88 valence electrons. The Balaban J connectivity index is 2.74. The number of carboxylic acid groups (broad SMARTS) is 1. The minimum Gasteiger partial charge on any atom is -0.480 e. The summed E-state index contributed by atoms with van der Waals surface area (Å²) < 4.78 is 0. The summed E-state index contributed by atoms with van der Waals surface area (Å²) in [5.41, 5.74) is 7.53. The van der Waals surface area contributed by atoms with Gasteiger partial charge in [-0.25, -0.2) is 0 Å². The second-order valence-electron chi connectivity index (χ2n) is 3.79. The summed E-state index contributed by atoms with van der Waals surface area (Å²) in [5, 5.41) is 8.83. The van der Waals surface area contributed by atoms with Gasteiger partial charge in [-0.3, -0.25) is 4.79 Å². The number of aliphatic carboxylic acids is 1. The molecule has 0 aliphatic carbocycles. The Morgan fingerprint density at radius 3 is 2.50 bits per heavy atom. The van der Waals surface area contributed by atoms with Gasteiger partial charge in [0, 0.05) is 12.2 Å². The Labute approximate surface area is 95.7 Å². The van der Waals surface area contributed by atoms with E-state index in [1.165, 1.54) is 0 Å². The molecule has 0 spiro atoms. The smallest absolute Gasteiger partial charge is 0.323 e. The maximum Gasteiger partial charge on any atom is 0.323 e. The predicted molar refractivity (Wildman–Crippen MR) is 64.7 cm³/mol. The molecule has 0 saturated heterocycles. The molecule has 0 fully saturated rings. The van der Waals surface area contributed by atoms with E-state index in [2.05, 4.69) is 0 Å². The molecule has 16 heavy (non-hydrogen) atoms. The highest BCUT2D eigenvalue weighted by Crippen LogP contribution is 2.14. The Kier molecular flexibility index (Phi) is 4.79. The van der Waals surface area contributed by atoms with Gasteiger partial charge < -0.3 is 15.7 Å². The number of carbonyl (C=O) groups is 1. The standard InChI is InChI=1S/C12H18N2O2/c1-10-3-5-11(6-4-10)14(8-2-7-13)9-12(15)16/h3-6H,2,7-9,13H2,1H3,(H,15,16). The predicted octanol–water partition coefficient (Wildman–Crippen LogP) is 1.23. The molecule has 1 aromatic rings. The van der Waals surface area contributed by atoms with Crippen LogP contribution in [0.2, 0.25) is 0 Å². The molecule has 0 atom stereocenters. The van der Waals surface area contributed by atoms with Crippen LogP contribution < -0.4 is 10.6 Å². The third-order valence-electron chi connectivity index (χ3n) is 2.36. The maximum absolute atomic E-state index is 10.7. The van der Waals surface area contributed by atoms with Crippen molar-refractivity contribution >= 4 is 11.7 Å². The molecule has 0 unspecified atom stereocenters. The van der Waals surface area contributed by atoms with Crippen molar-refractivity contribution in [2.45, 2.75) is 13.3 Å². The minimum absolute atomic E-state index is 0.0169. The molecule has 0 aromatic heterocycles. The van der Waals surface area contributed by atoms with E-state index in [-0.39, 0.29) is 6.54 Å². The Bertz CT molecular complexity index is 335. The number of nitrogens with two attached hydrogens (primary N) is 1. The third-order valence-corrected chi connectivity index (χ3v) is 2.36. The van der Waals surface area contributed by atoms with Gasteiger partial charge in [-0.2, -0.15) is 0 Å². The van der Waals surface area contributed by atoms with Crippen molar-refractivity contribution < 1.29 is 9.90 Å². The van der Waals surface area contributed by atoms with E-state index in [0.29, 0.717) is 13.1 Å². The molecule has 0 amide bonds. The van der Waals surface area contributed by atoms with Crippen LogP contribution in [0.15, 0.2) is 24.3 Å². The fourth-order valence-electron chi connectivity index (χ4n) is 1.50. The number of benzene rings is 1. The van der Waals surface area contributed by atoms with E-state index in [4.69, 9.17) is 10.8 Å².